The zero-order valence-electron chi connectivity index (χ0n) is 17.1. The minimum Gasteiger partial charge on any atom is -0.331 e. The molecular formula is C25H23FN4. The third-order valence-corrected chi connectivity index (χ3v) is 5.60. The molecule has 0 saturated carbocycles. The normalized spacial score (nSPS) is 14.8. The summed E-state index contributed by atoms with van der Waals surface area (Å²) in [7, 11) is 0. The molecule has 1 aliphatic heterocycles. The first-order chi connectivity index (χ1) is 14.6. The summed E-state index contributed by atoms with van der Waals surface area (Å²) in [4.78, 5) is 9.20. The molecule has 0 fully saturated rings. The van der Waals surface area contributed by atoms with E-state index in [-0.39, 0.29) is 5.82 Å². The van der Waals surface area contributed by atoms with Gasteiger partial charge < -0.3 is 9.13 Å². The van der Waals surface area contributed by atoms with Crippen LogP contribution in [0.4, 0.5) is 4.39 Å². The Morgan fingerprint density at radius 2 is 1.87 bits per heavy atom. The van der Waals surface area contributed by atoms with E-state index in [0.717, 1.165) is 47.8 Å². The lowest BCUT2D eigenvalue weighted by molar-refractivity contribution is 0.614. The number of halogens is 1. The fraction of sp³-hybridized carbons (Fsp3) is 0.200. The summed E-state index contributed by atoms with van der Waals surface area (Å²) in [6.07, 6.45) is 10.3. The maximum atomic E-state index is 13.3. The summed E-state index contributed by atoms with van der Waals surface area (Å²) < 4.78 is 17.5. The average Bonchev–Trinajstić information content (AvgIpc) is 3.36. The Hall–Kier alpha value is -3.47. The van der Waals surface area contributed by atoms with Crippen LogP contribution in [0.3, 0.4) is 0 Å². The number of fused-ring (bicyclic) bond motifs is 1. The minimum atomic E-state index is -0.229. The number of imidazole rings is 2. The highest BCUT2D eigenvalue weighted by Crippen LogP contribution is 2.31. The van der Waals surface area contributed by atoms with E-state index >= 15 is 0 Å². The lowest BCUT2D eigenvalue weighted by Gasteiger charge is -2.17. The van der Waals surface area contributed by atoms with E-state index < -0.39 is 0 Å². The highest BCUT2D eigenvalue weighted by Gasteiger charge is 2.18. The Kier molecular flexibility index (Phi) is 4.58. The zero-order chi connectivity index (χ0) is 20.7. The first kappa shape index (κ1) is 18.6. The molecule has 2 aromatic heterocycles. The topological polar surface area (TPSA) is 35.6 Å². The molecule has 30 heavy (non-hydrogen) atoms. The fourth-order valence-corrected chi connectivity index (χ4v) is 4.10. The molecule has 1 aliphatic rings. The predicted molar refractivity (Wildman–Crippen MR) is 118 cm³/mol. The van der Waals surface area contributed by atoms with Gasteiger partial charge in [-0.05, 0) is 85.9 Å². The monoisotopic (exact) mass is 398 g/mol. The van der Waals surface area contributed by atoms with Crippen molar-refractivity contribution in [2.75, 3.05) is 0 Å². The number of benzene rings is 2. The molecule has 0 spiro atoms. The smallest absolute Gasteiger partial charge is 0.136 e. The molecule has 0 atom stereocenters. The fourth-order valence-electron chi connectivity index (χ4n) is 4.10. The van der Waals surface area contributed by atoms with Crippen LogP contribution < -0.4 is 0 Å². The van der Waals surface area contributed by atoms with Crippen LogP contribution in [0.15, 0.2) is 61.2 Å². The van der Waals surface area contributed by atoms with E-state index in [4.69, 9.17) is 4.98 Å². The van der Waals surface area contributed by atoms with Crippen LogP contribution >= 0.6 is 0 Å². The van der Waals surface area contributed by atoms with Crippen LogP contribution in [0.1, 0.15) is 35.5 Å². The van der Waals surface area contributed by atoms with Crippen molar-refractivity contribution < 1.29 is 4.39 Å². The van der Waals surface area contributed by atoms with Crippen molar-refractivity contribution in [3.8, 4) is 16.9 Å². The van der Waals surface area contributed by atoms with Gasteiger partial charge in [0.15, 0.2) is 0 Å². The third-order valence-electron chi connectivity index (χ3n) is 5.60. The number of nitrogens with zero attached hydrogens (tertiary/aromatic N) is 4. The summed E-state index contributed by atoms with van der Waals surface area (Å²) in [5.41, 5.74) is 7.58. The molecule has 150 valence electrons. The quantitative estimate of drug-likeness (QED) is 0.435. The van der Waals surface area contributed by atoms with Crippen molar-refractivity contribution in [3.05, 3.63) is 89.6 Å². The van der Waals surface area contributed by atoms with Crippen LogP contribution in [0.2, 0.25) is 0 Å². The van der Waals surface area contributed by atoms with Gasteiger partial charge in [-0.3, -0.25) is 0 Å². The first-order valence-corrected chi connectivity index (χ1v) is 10.2. The molecule has 4 aromatic rings. The third kappa shape index (κ3) is 3.47. The molecule has 4 nitrogen and oxygen atoms in total. The summed E-state index contributed by atoms with van der Waals surface area (Å²) in [6, 6.07) is 13.0. The number of hydrogen-bond donors (Lipinski definition) is 0. The molecule has 0 aliphatic carbocycles. The Bertz CT molecular complexity index is 1240. The van der Waals surface area contributed by atoms with Gasteiger partial charge in [-0.1, -0.05) is 6.07 Å². The largest absolute Gasteiger partial charge is 0.331 e. The summed E-state index contributed by atoms with van der Waals surface area (Å²) in [5.74, 6) is 0.778. The van der Waals surface area contributed by atoms with Gasteiger partial charge in [0.1, 0.15) is 11.6 Å². The Morgan fingerprint density at radius 1 is 1.03 bits per heavy atom. The summed E-state index contributed by atoms with van der Waals surface area (Å²) in [5, 5.41) is 0. The first-order valence-electron chi connectivity index (χ1n) is 10.2. The SMILES string of the molecule is Cc1cn(-c2ccc(/C=C3\CCCn4cc(-c5ccc(F)cc5)nc43)cc2C)cn1. The van der Waals surface area contributed by atoms with Gasteiger partial charge in [0.2, 0.25) is 0 Å². The van der Waals surface area contributed by atoms with E-state index in [1.165, 1.54) is 28.8 Å². The molecule has 5 heteroatoms. The molecule has 3 heterocycles. The predicted octanol–water partition coefficient (Wildman–Crippen LogP) is 5.83. The molecule has 2 aromatic carbocycles. The van der Waals surface area contributed by atoms with Crippen molar-refractivity contribution in [3.63, 3.8) is 0 Å². The highest BCUT2D eigenvalue weighted by atomic mass is 19.1. The van der Waals surface area contributed by atoms with E-state index in [2.05, 4.69) is 51.5 Å². The molecule has 0 N–H and O–H groups in total. The van der Waals surface area contributed by atoms with Gasteiger partial charge in [0.25, 0.3) is 0 Å². The van der Waals surface area contributed by atoms with E-state index in [1.54, 1.807) is 12.1 Å². The summed E-state index contributed by atoms with van der Waals surface area (Å²) >= 11 is 0. The van der Waals surface area contributed by atoms with Gasteiger partial charge in [-0.2, -0.15) is 0 Å². The van der Waals surface area contributed by atoms with Crippen LogP contribution in [0.25, 0.3) is 28.6 Å². The highest BCUT2D eigenvalue weighted by molar-refractivity contribution is 5.81. The Balaban J connectivity index is 1.48. The second-order valence-corrected chi connectivity index (χ2v) is 7.89. The maximum absolute atomic E-state index is 13.3. The molecule has 0 radical (unpaired) electrons. The molecule has 0 unspecified atom stereocenters. The zero-order valence-corrected chi connectivity index (χ0v) is 17.1. The minimum absolute atomic E-state index is 0.229. The Morgan fingerprint density at radius 3 is 2.60 bits per heavy atom. The summed E-state index contributed by atoms with van der Waals surface area (Å²) in [6.45, 7) is 5.08. The number of aromatic nitrogens is 4. The molecule has 0 bridgehead atoms. The lowest BCUT2D eigenvalue weighted by Crippen LogP contribution is -2.08. The van der Waals surface area contributed by atoms with E-state index in [0.29, 0.717) is 0 Å². The van der Waals surface area contributed by atoms with E-state index in [9.17, 15) is 4.39 Å². The standard InChI is InChI=1S/C25H23FN4/c1-17-12-19(5-10-24(17)30-14-18(2)27-16-30)13-21-4-3-11-29-15-23(28-25(21)29)20-6-8-22(26)9-7-20/h5-10,12-16H,3-4,11H2,1-2H3/b21-13+. The number of allylic oxidation sites excluding steroid dienone is 1. The van der Waals surface area contributed by atoms with Crippen molar-refractivity contribution in [2.45, 2.75) is 33.2 Å². The van der Waals surface area contributed by atoms with Crippen molar-refractivity contribution in [1.82, 2.24) is 19.1 Å². The second kappa shape index (κ2) is 7.41. The van der Waals surface area contributed by atoms with Crippen molar-refractivity contribution >= 4 is 11.6 Å². The molecule has 0 saturated heterocycles. The maximum Gasteiger partial charge on any atom is 0.136 e. The van der Waals surface area contributed by atoms with Crippen LogP contribution in [0, 0.1) is 19.7 Å². The van der Waals surface area contributed by atoms with Crippen molar-refractivity contribution in [2.24, 2.45) is 0 Å². The Labute approximate surface area is 175 Å². The van der Waals surface area contributed by atoms with Gasteiger partial charge in [-0.15, -0.1) is 0 Å². The van der Waals surface area contributed by atoms with Gasteiger partial charge in [0.05, 0.1) is 17.7 Å². The number of rotatable bonds is 3. The van der Waals surface area contributed by atoms with Crippen LogP contribution in [-0.2, 0) is 6.54 Å². The molecule has 5 rings (SSSR count). The van der Waals surface area contributed by atoms with Gasteiger partial charge in [-0.25, -0.2) is 14.4 Å². The van der Waals surface area contributed by atoms with Gasteiger partial charge in [0, 0.05) is 30.2 Å². The van der Waals surface area contributed by atoms with E-state index in [1.807, 2.05) is 19.4 Å². The van der Waals surface area contributed by atoms with Crippen molar-refractivity contribution in [1.29, 1.82) is 0 Å². The molecular weight excluding hydrogens is 375 g/mol. The average molecular weight is 398 g/mol. The van der Waals surface area contributed by atoms with Crippen LogP contribution in [0.5, 0.6) is 0 Å². The van der Waals surface area contributed by atoms with Gasteiger partial charge >= 0.3 is 0 Å². The van der Waals surface area contributed by atoms with Crippen LogP contribution in [-0.4, -0.2) is 19.1 Å². The number of aryl methyl sites for hydroxylation is 3. The lowest BCUT2D eigenvalue weighted by atomic mass is 10.0. The molecule has 0 amide bonds. The number of hydrogen-bond acceptors (Lipinski definition) is 2. The second-order valence-electron chi connectivity index (χ2n) is 7.89.